The molecular weight excluding hydrogens is 372 g/mol. The lowest BCUT2D eigenvalue weighted by molar-refractivity contribution is -0.0605. The van der Waals surface area contributed by atoms with Gasteiger partial charge in [-0.1, -0.05) is 31.2 Å². The molecule has 2 aliphatic heterocycles. The van der Waals surface area contributed by atoms with E-state index in [0.717, 1.165) is 29.9 Å². The number of fused-ring (bicyclic) bond motifs is 1. The Morgan fingerprint density at radius 3 is 2.61 bits per heavy atom. The van der Waals surface area contributed by atoms with E-state index in [1.165, 1.54) is 16.7 Å². The average Bonchev–Trinajstić information content (AvgIpc) is 2.73. The molecule has 1 fully saturated rings. The summed E-state index contributed by atoms with van der Waals surface area (Å²) in [6, 6.07) is 12.8. The third-order valence-corrected chi connectivity index (χ3v) is 6.34. The molecule has 4 nitrogen and oxygen atoms in total. The molecule has 1 saturated heterocycles. The van der Waals surface area contributed by atoms with Crippen molar-refractivity contribution in [3.63, 3.8) is 0 Å². The summed E-state index contributed by atoms with van der Waals surface area (Å²) in [6.45, 7) is 3.40. The molecule has 0 bridgehead atoms. The first-order valence-corrected chi connectivity index (χ1v) is 11.3. The van der Waals surface area contributed by atoms with Crippen molar-refractivity contribution < 1.29 is 19.3 Å². The van der Waals surface area contributed by atoms with Crippen molar-refractivity contribution in [2.75, 3.05) is 19.5 Å². The van der Waals surface area contributed by atoms with Gasteiger partial charge in [-0.05, 0) is 53.5 Å². The maximum Gasteiger partial charge on any atom is 0.161 e. The molecule has 4 rings (SSSR count). The van der Waals surface area contributed by atoms with Crippen molar-refractivity contribution in [3.05, 3.63) is 58.7 Å². The van der Waals surface area contributed by atoms with E-state index >= 15 is 0 Å². The van der Waals surface area contributed by atoms with Gasteiger partial charge in [0.2, 0.25) is 0 Å². The van der Waals surface area contributed by atoms with Gasteiger partial charge in [0.15, 0.2) is 11.5 Å². The minimum absolute atomic E-state index is 0.0499. The highest BCUT2D eigenvalue weighted by Crippen LogP contribution is 2.36. The Labute approximate surface area is 171 Å². The highest BCUT2D eigenvalue weighted by atomic mass is 32.2. The Bertz CT molecular complexity index is 822. The molecule has 0 saturated carbocycles. The van der Waals surface area contributed by atoms with E-state index in [4.69, 9.17) is 14.2 Å². The molecule has 3 atom stereocenters. The summed E-state index contributed by atoms with van der Waals surface area (Å²) in [6.07, 6.45) is 4.87. The van der Waals surface area contributed by atoms with Gasteiger partial charge in [0.25, 0.3) is 0 Å². The van der Waals surface area contributed by atoms with Gasteiger partial charge >= 0.3 is 0 Å². The highest BCUT2D eigenvalue weighted by molar-refractivity contribution is 7.99. The fourth-order valence-electron chi connectivity index (χ4n) is 4.00. The predicted molar refractivity (Wildman–Crippen MR) is 112 cm³/mol. The van der Waals surface area contributed by atoms with Crippen LogP contribution in [0.4, 0.5) is 0 Å². The predicted octanol–water partition coefficient (Wildman–Crippen LogP) is 4.51. The zero-order valence-electron chi connectivity index (χ0n) is 16.5. The Balaban J connectivity index is 1.59. The maximum atomic E-state index is 10.2. The van der Waals surface area contributed by atoms with Crippen molar-refractivity contribution >= 4 is 11.8 Å². The number of aryl methyl sites for hydroxylation is 1. The van der Waals surface area contributed by atoms with Crippen LogP contribution in [0, 0.1) is 0 Å². The van der Waals surface area contributed by atoms with E-state index in [9.17, 15) is 5.11 Å². The second-order valence-corrected chi connectivity index (χ2v) is 8.45. The first-order chi connectivity index (χ1) is 13.7. The van der Waals surface area contributed by atoms with Crippen LogP contribution in [0.25, 0.3) is 0 Å². The summed E-state index contributed by atoms with van der Waals surface area (Å²) >= 11 is 1.67. The second-order valence-electron chi connectivity index (χ2n) is 7.45. The quantitative estimate of drug-likeness (QED) is 0.800. The van der Waals surface area contributed by atoms with Gasteiger partial charge < -0.3 is 19.3 Å². The van der Waals surface area contributed by atoms with Crippen LogP contribution in [-0.4, -0.2) is 36.1 Å². The lowest BCUT2D eigenvalue weighted by atomic mass is 9.92. The third-order valence-electron chi connectivity index (χ3n) is 5.51. The van der Waals surface area contributed by atoms with E-state index in [2.05, 4.69) is 37.3 Å². The van der Waals surface area contributed by atoms with Crippen LogP contribution >= 0.6 is 11.8 Å². The Kier molecular flexibility index (Phi) is 6.14. The van der Waals surface area contributed by atoms with Crippen molar-refractivity contribution in [2.24, 2.45) is 0 Å². The van der Waals surface area contributed by atoms with Crippen LogP contribution in [0.2, 0.25) is 0 Å². The Morgan fingerprint density at radius 1 is 1.00 bits per heavy atom. The first kappa shape index (κ1) is 19.6. The molecule has 5 heteroatoms. The molecule has 2 aromatic rings. The van der Waals surface area contributed by atoms with Crippen molar-refractivity contribution in [1.29, 1.82) is 0 Å². The smallest absolute Gasteiger partial charge is 0.161 e. The van der Waals surface area contributed by atoms with Gasteiger partial charge in [-0.15, -0.1) is 11.8 Å². The molecule has 28 heavy (non-hydrogen) atoms. The summed E-state index contributed by atoms with van der Waals surface area (Å²) in [5.74, 6) is 1.66. The highest BCUT2D eigenvalue weighted by Gasteiger charge is 2.29. The Morgan fingerprint density at radius 2 is 1.82 bits per heavy atom. The van der Waals surface area contributed by atoms with Gasteiger partial charge in [-0.3, -0.25) is 0 Å². The fraction of sp³-hybridized carbons (Fsp3) is 0.478. The van der Waals surface area contributed by atoms with E-state index in [0.29, 0.717) is 26.1 Å². The van der Waals surface area contributed by atoms with E-state index in [1.54, 1.807) is 11.8 Å². The van der Waals surface area contributed by atoms with Crippen LogP contribution in [0.3, 0.4) is 0 Å². The minimum atomic E-state index is -0.303. The molecule has 0 aromatic heterocycles. The van der Waals surface area contributed by atoms with Crippen LogP contribution in [0.5, 0.6) is 11.5 Å². The van der Waals surface area contributed by atoms with Crippen LogP contribution in [0.1, 0.15) is 48.1 Å². The number of ether oxygens (including phenoxy) is 3. The normalized spacial score (nSPS) is 24.2. The molecular formula is C23H28O4S. The van der Waals surface area contributed by atoms with Gasteiger partial charge in [-0.25, -0.2) is 0 Å². The largest absolute Gasteiger partial charge is 0.486 e. The molecule has 3 unspecified atom stereocenters. The zero-order valence-corrected chi connectivity index (χ0v) is 17.3. The number of hydrogen-bond acceptors (Lipinski definition) is 5. The van der Waals surface area contributed by atoms with Crippen molar-refractivity contribution in [3.8, 4) is 11.5 Å². The molecule has 150 valence electrons. The standard InChI is InChI=1S/C23H28O4S/c1-3-16-5-6-17(21-13-19(24)14-23(27-21)28-2)12-18(16)10-15-4-7-20-22(11-15)26-9-8-25-20/h4-7,11-12,19,21,23-24H,3,8-10,13-14H2,1-2H3. The second kappa shape index (κ2) is 8.76. The molecule has 0 amide bonds. The Hall–Kier alpha value is -1.69. The third kappa shape index (κ3) is 4.32. The van der Waals surface area contributed by atoms with Gasteiger partial charge in [0.05, 0.1) is 12.2 Å². The summed E-state index contributed by atoms with van der Waals surface area (Å²) in [7, 11) is 0. The topological polar surface area (TPSA) is 47.9 Å². The average molecular weight is 401 g/mol. The van der Waals surface area contributed by atoms with Crippen molar-refractivity contribution in [1.82, 2.24) is 0 Å². The molecule has 0 spiro atoms. The van der Waals surface area contributed by atoms with Gasteiger partial charge in [0, 0.05) is 12.8 Å². The molecule has 2 aliphatic rings. The first-order valence-electron chi connectivity index (χ1n) is 10.0. The van der Waals surface area contributed by atoms with Crippen LogP contribution < -0.4 is 9.47 Å². The number of aliphatic hydroxyl groups excluding tert-OH is 1. The fourth-order valence-corrected chi connectivity index (χ4v) is 4.66. The number of rotatable bonds is 5. The number of benzene rings is 2. The summed E-state index contributed by atoms with van der Waals surface area (Å²) < 4.78 is 17.6. The molecule has 2 aromatic carbocycles. The lowest BCUT2D eigenvalue weighted by Gasteiger charge is -2.33. The van der Waals surface area contributed by atoms with E-state index in [1.807, 2.05) is 12.3 Å². The van der Waals surface area contributed by atoms with Crippen molar-refractivity contribution in [2.45, 2.75) is 50.3 Å². The van der Waals surface area contributed by atoms with Gasteiger partial charge in [-0.2, -0.15) is 0 Å². The van der Waals surface area contributed by atoms with E-state index in [-0.39, 0.29) is 17.6 Å². The maximum absolute atomic E-state index is 10.2. The molecule has 0 radical (unpaired) electrons. The minimum Gasteiger partial charge on any atom is -0.486 e. The zero-order chi connectivity index (χ0) is 19.5. The molecule has 2 heterocycles. The number of thioether (sulfide) groups is 1. The van der Waals surface area contributed by atoms with E-state index < -0.39 is 0 Å². The number of aliphatic hydroxyl groups is 1. The van der Waals surface area contributed by atoms with Gasteiger partial charge in [0.1, 0.15) is 18.6 Å². The summed E-state index contributed by atoms with van der Waals surface area (Å²) in [5, 5.41) is 10.2. The summed E-state index contributed by atoms with van der Waals surface area (Å²) in [4.78, 5) is 0. The molecule has 1 N–H and O–H groups in total. The monoisotopic (exact) mass is 400 g/mol. The summed E-state index contributed by atoms with van der Waals surface area (Å²) in [5.41, 5.74) is 5.07. The number of hydrogen-bond donors (Lipinski definition) is 1. The SMILES string of the molecule is CCc1ccc(C2CC(O)CC(SC)O2)cc1Cc1ccc2c(c1)OCCO2. The van der Waals surface area contributed by atoms with Crippen LogP contribution in [-0.2, 0) is 17.6 Å². The lowest BCUT2D eigenvalue weighted by Crippen LogP contribution is -2.29. The molecule has 0 aliphatic carbocycles. The van der Waals surface area contributed by atoms with Crippen LogP contribution in [0.15, 0.2) is 36.4 Å².